The minimum absolute atomic E-state index is 0.0815. The molecule has 0 unspecified atom stereocenters. The summed E-state index contributed by atoms with van der Waals surface area (Å²) < 4.78 is 0. The Hall–Kier alpha value is -1.22. The molecule has 0 aromatic heterocycles. The van der Waals surface area contributed by atoms with Gasteiger partial charge in [0.1, 0.15) is 0 Å². The standard InChI is InChI=1S/C13H19ClN2O/c1-2-3-9-16-13(17)8-10-15-12-7-5-4-6-11(12)14/h4-7,15H,2-3,8-10H2,1H3,(H,16,17). The van der Waals surface area contributed by atoms with Gasteiger partial charge in [-0.2, -0.15) is 0 Å². The zero-order valence-corrected chi connectivity index (χ0v) is 10.9. The lowest BCUT2D eigenvalue weighted by Crippen LogP contribution is -2.26. The molecule has 1 amide bonds. The smallest absolute Gasteiger partial charge is 0.221 e. The van der Waals surface area contributed by atoms with Crippen molar-refractivity contribution in [1.82, 2.24) is 5.32 Å². The number of amides is 1. The topological polar surface area (TPSA) is 41.1 Å². The molecule has 2 N–H and O–H groups in total. The van der Waals surface area contributed by atoms with Gasteiger partial charge in [0, 0.05) is 19.5 Å². The van der Waals surface area contributed by atoms with Gasteiger partial charge in [-0.3, -0.25) is 4.79 Å². The summed E-state index contributed by atoms with van der Waals surface area (Å²) in [6, 6.07) is 7.52. The number of benzene rings is 1. The first-order valence-electron chi connectivity index (χ1n) is 5.99. The molecule has 0 radical (unpaired) electrons. The summed E-state index contributed by atoms with van der Waals surface area (Å²) in [4.78, 5) is 11.4. The first-order chi connectivity index (χ1) is 8.24. The van der Waals surface area contributed by atoms with Crippen LogP contribution in [-0.2, 0) is 4.79 Å². The summed E-state index contributed by atoms with van der Waals surface area (Å²) in [7, 11) is 0. The summed E-state index contributed by atoms with van der Waals surface area (Å²) in [5, 5.41) is 6.69. The molecule has 0 fully saturated rings. The van der Waals surface area contributed by atoms with E-state index in [0.717, 1.165) is 25.1 Å². The molecular formula is C13H19ClN2O. The summed E-state index contributed by atoms with van der Waals surface area (Å²) in [5.74, 6) is 0.0815. The van der Waals surface area contributed by atoms with Gasteiger partial charge >= 0.3 is 0 Å². The summed E-state index contributed by atoms with van der Waals surface area (Å²) in [5.41, 5.74) is 0.871. The van der Waals surface area contributed by atoms with Gasteiger partial charge in [0.15, 0.2) is 0 Å². The second-order valence-electron chi connectivity index (χ2n) is 3.86. The summed E-state index contributed by atoms with van der Waals surface area (Å²) in [6.07, 6.45) is 2.59. The van der Waals surface area contributed by atoms with E-state index in [4.69, 9.17) is 11.6 Å². The Labute approximate surface area is 108 Å². The van der Waals surface area contributed by atoms with E-state index in [1.54, 1.807) is 0 Å². The Bertz CT molecular complexity index is 355. The first kappa shape index (κ1) is 13.8. The maximum Gasteiger partial charge on any atom is 0.221 e. The average molecular weight is 255 g/mol. The van der Waals surface area contributed by atoms with Gasteiger partial charge in [-0.05, 0) is 18.6 Å². The Kier molecular flexibility index (Phi) is 6.48. The van der Waals surface area contributed by atoms with Crippen LogP contribution in [0.3, 0.4) is 0 Å². The molecule has 0 aliphatic carbocycles. The Balaban J connectivity index is 2.19. The van der Waals surface area contributed by atoms with E-state index >= 15 is 0 Å². The van der Waals surface area contributed by atoms with Gasteiger partial charge < -0.3 is 10.6 Å². The van der Waals surface area contributed by atoms with Crippen molar-refractivity contribution < 1.29 is 4.79 Å². The second-order valence-corrected chi connectivity index (χ2v) is 4.27. The number of rotatable bonds is 7. The molecule has 17 heavy (non-hydrogen) atoms. The molecule has 1 aromatic carbocycles. The van der Waals surface area contributed by atoms with Crippen molar-refractivity contribution in [2.75, 3.05) is 18.4 Å². The van der Waals surface area contributed by atoms with Crippen molar-refractivity contribution in [3.05, 3.63) is 29.3 Å². The van der Waals surface area contributed by atoms with Gasteiger partial charge in [0.25, 0.3) is 0 Å². The van der Waals surface area contributed by atoms with Crippen molar-refractivity contribution in [2.45, 2.75) is 26.2 Å². The zero-order chi connectivity index (χ0) is 12.5. The van der Waals surface area contributed by atoms with Crippen LogP contribution in [0, 0.1) is 0 Å². The van der Waals surface area contributed by atoms with Gasteiger partial charge in [-0.1, -0.05) is 37.1 Å². The Morgan fingerprint density at radius 1 is 1.29 bits per heavy atom. The minimum Gasteiger partial charge on any atom is -0.383 e. The first-order valence-corrected chi connectivity index (χ1v) is 6.37. The van der Waals surface area contributed by atoms with Gasteiger partial charge in [-0.15, -0.1) is 0 Å². The number of unbranched alkanes of at least 4 members (excludes halogenated alkanes) is 1. The monoisotopic (exact) mass is 254 g/mol. The van der Waals surface area contributed by atoms with Crippen molar-refractivity contribution >= 4 is 23.2 Å². The van der Waals surface area contributed by atoms with Crippen molar-refractivity contribution in [1.29, 1.82) is 0 Å². The molecule has 0 atom stereocenters. The average Bonchev–Trinajstić information content (AvgIpc) is 2.32. The number of halogens is 1. The predicted octanol–water partition coefficient (Wildman–Crippen LogP) is 3.06. The third kappa shape index (κ3) is 5.59. The quantitative estimate of drug-likeness (QED) is 0.735. The molecule has 0 heterocycles. The molecule has 0 aliphatic rings. The highest BCUT2D eigenvalue weighted by molar-refractivity contribution is 6.33. The lowest BCUT2D eigenvalue weighted by Gasteiger charge is -2.08. The largest absolute Gasteiger partial charge is 0.383 e. The van der Waals surface area contributed by atoms with E-state index in [9.17, 15) is 4.79 Å². The fourth-order valence-corrected chi connectivity index (χ4v) is 1.61. The fraction of sp³-hybridized carbons (Fsp3) is 0.462. The van der Waals surface area contributed by atoms with Gasteiger partial charge in [0.05, 0.1) is 10.7 Å². The lowest BCUT2D eigenvalue weighted by molar-refractivity contribution is -0.120. The number of hydrogen-bond donors (Lipinski definition) is 2. The summed E-state index contributed by atoms with van der Waals surface area (Å²) in [6.45, 7) is 3.47. The minimum atomic E-state index is 0.0815. The molecule has 0 spiro atoms. The maximum absolute atomic E-state index is 11.4. The number of nitrogens with one attached hydrogen (secondary N) is 2. The number of carbonyl (C=O) groups is 1. The van der Waals surface area contributed by atoms with E-state index in [0.29, 0.717) is 18.0 Å². The molecule has 0 saturated carbocycles. The highest BCUT2D eigenvalue weighted by atomic mass is 35.5. The number of hydrogen-bond acceptors (Lipinski definition) is 2. The third-order valence-electron chi connectivity index (χ3n) is 2.39. The van der Waals surface area contributed by atoms with Gasteiger partial charge in [0.2, 0.25) is 5.91 Å². The highest BCUT2D eigenvalue weighted by Gasteiger charge is 2.01. The Morgan fingerprint density at radius 3 is 2.76 bits per heavy atom. The fourth-order valence-electron chi connectivity index (χ4n) is 1.41. The van der Waals surface area contributed by atoms with Crippen LogP contribution in [0.4, 0.5) is 5.69 Å². The van der Waals surface area contributed by atoms with Crippen molar-refractivity contribution in [3.8, 4) is 0 Å². The summed E-state index contributed by atoms with van der Waals surface area (Å²) >= 11 is 5.98. The second kappa shape index (κ2) is 7.96. The normalized spacial score (nSPS) is 10.0. The molecule has 0 saturated heterocycles. The van der Waals surface area contributed by atoms with Crippen LogP contribution in [0.2, 0.25) is 5.02 Å². The van der Waals surface area contributed by atoms with E-state index in [2.05, 4.69) is 17.6 Å². The van der Waals surface area contributed by atoms with E-state index in [1.165, 1.54) is 0 Å². The lowest BCUT2D eigenvalue weighted by atomic mass is 10.3. The third-order valence-corrected chi connectivity index (χ3v) is 2.72. The maximum atomic E-state index is 11.4. The van der Waals surface area contributed by atoms with Crippen molar-refractivity contribution in [3.63, 3.8) is 0 Å². The van der Waals surface area contributed by atoms with Crippen molar-refractivity contribution in [2.24, 2.45) is 0 Å². The van der Waals surface area contributed by atoms with Crippen LogP contribution in [-0.4, -0.2) is 19.0 Å². The van der Waals surface area contributed by atoms with E-state index < -0.39 is 0 Å². The molecule has 4 heteroatoms. The van der Waals surface area contributed by atoms with E-state index in [-0.39, 0.29) is 5.91 Å². The zero-order valence-electron chi connectivity index (χ0n) is 10.1. The molecular weight excluding hydrogens is 236 g/mol. The SMILES string of the molecule is CCCCNC(=O)CCNc1ccccc1Cl. The molecule has 0 aliphatic heterocycles. The van der Waals surface area contributed by atoms with Crippen LogP contribution < -0.4 is 10.6 Å². The highest BCUT2D eigenvalue weighted by Crippen LogP contribution is 2.19. The molecule has 94 valence electrons. The van der Waals surface area contributed by atoms with E-state index in [1.807, 2.05) is 24.3 Å². The number of para-hydroxylation sites is 1. The molecule has 0 bridgehead atoms. The predicted molar refractivity (Wildman–Crippen MR) is 72.5 cm³/mol. The molecule has 1 rings (SSSR count). The number of carbonyl (C=O) groups excluding carboxylic acids is 1. The Morgan fingerprint density at radius 2 is 2.06 bits per heavy atom. The molecule has 1 aromatic rings. The van der Waals surface area contributed by atoms with Gasteiger partial charge in [-0.25, -0.2) is 0 Å². The van der Waals surface area contributed by atoms with Crippen LogP contribution in [0.5, 0.6) is 0 Å². The number of anilines is 1. The van der Waals surface area contributed by atoms with Crippen LogP contribution in [0.1, 0.15) is 26.2 Å². The van der Waals surface area contributed by atoms with Crippen LogP contribution >= 0.6 is 11.6 Å². The van der Waals surface area contributed by atoms with Crippen LogP contribution in [0.15, 0.2) is 24.3 Å². The van der Waals surface area contributed by atoms with Crippen LogP contribution in [0.25, 0.3) is 0 Å². The molecule has 3 nitrogen and oxygen atoms in total.